The Balaban J connectivity index is 1.84. The minimum absolute atomic E-state index is 0.0172. The average molecular weight is 521 g/mol. The van der Waals surface area contributed by atoms with Crippen LogP contribution in [0.4, 0.5) is 5.69 Å². The third-order valence-electron chi connectivity index (χ3n) is 3.82. The first kappa shape index (κ1) is 20.5. The van der Waals surface area contributed by atoms with Crippen LogP contribution in [-0.2, 0) is 10.0 Å². The topological polar surface area (TPSA) is 58.6 Å². The number of likely N-dealkylation sites (tertiary alicyclic amines) is 1. The lowest BCUT2D eigenvalue weighted by Gasteiger charge is -2.16. The Morgan fingerprint density at radius 3 is 2.62 bits per heavy atom. The van der Waals surface area contributed by atoms with Gasteiger partial charge in [0.15, 0.2) is 0 Å². The highest BCUT2D eigenvalue weighted by atomic mass is 79.9. The largest absolute Gasteiger partial charge is 0.487 e. The van der Waals surface area contributed by atoms with E-state index < -0.39 is 10.0 Å². The molecule has 26 heavy (non-hydrogen) atoms. The maximum Gasteiger partial charge on any atom is 0.265 e. The molecular formula is C15H14BrCl3N2O3S2. The Morgan fingerprint density at radius 2 is 2.04 bits per heavy atom. The normalized spacial score (nSPS) is 18.3. The van der Waals surface area contributed by atoms with Crippen molar-refractivity contribution in [1.29, 1.82) is 0 Å². The summed E-state index contributed by atoms with van der Waals surface area (Å²) < 4.78 is 34.4. The van der Waals surface area contributed by atoms with Crippen molar-refractivity contribution in [3.05, 3.63) is 36.4 Å². The summed E-state index contributed by atoms with van der Waals surface area (Å²) in [6, 6.07) is 4.71. The Labute approximate surface area is 179 Å². The highest BCUT2D eigenvalue weighted by molar-refractivity contribution is 9.10. The zero-order valence-corrected chi connectivity index (χ0v) is 18.9. The Morgan fingerprint density at radius 1 is 1.31 bits per heavy atom. The van der Waals surface area contributed by atoms with Gasteiger partial charge < -0.3 is 9.64 Å². The van der Waals surface area contributed by atoms with Crippen LogP contribution >= 0.6 is 62.1 Å². The molecule has 3 rings (SSSR count). The maximum absolute atomic E-state index is 12.7. The van der Waals surface area contributed by atoms with Gasteiger partial charge in [-0.25, -0.2) is 8.42 Å². The average Bonchev–Trinajstić information content (AvgIpc) is 3.05. The van der Waals surface area contributed by atoms with Gasteiger partial charge in [-0.2, -0.15) is 0 Å². The summed E-state index contributed by atoms with van der Waals surface area (Å²) in [5.41, 5.74) is 0.320. The molecule has 0 saturated carbocycles. The summed E-state index contributed by atoms with van der Waals surface area (Å²) >= 11 is 22.3. The van der Waals surface area contributed by atoms with E-state index in [1.54, 1.807) is 18.2 Å². The number of benzene rings is 1. The van der Waals surface area contributed by atoms with E-state index in [-0.39, 0.29) is 24.1 Å². The Hall–Kier alpha value is -0.220. The molecule has 0 bridgehead atoms. The van der Waals surface area contributed by atoms with Crippen molar-refractivity contribution in [3.63, 3.8) is 0 Å². The van der Waals surface area contributed by atoms with Crippen molar-refractivity contribution in [2.45, 2.75) is 17.4 Å². The second-order valence-electron chi connectivity index (χ2n) is 5.83. The van der Waals surface area contributed by atoms with Crippen molar-refractivity contribution in [2.75, 3.05) is 24.9 Å². The first-order valence-corrected chi connectivity index (χ1v) is 11.7. The minimum atomic E-state index is -3.93. The van der Waals surface area contributed by atoms with E-state index in [9.17, 15) is 8.42 Å². The lowest BCUT2D eigenvalue weighted by Crippen LogP contribution is -2.21. The van der Waals surface area contributed by atoms with Gasteiger partial charge in [0.05, 0.1) is 15.2 Å². The van der Waals surface area contributed by atoms with Gasteiger partial charge in [-0.15, -0.1) is 11.3 Å². The fourth-order valence-electron chi connectivity index (χ4n) is 2.60. The molecule has 1 atom stereocenters. The van der Waals surface area contributed by atoms with E-state index >= 15 is 0 Å². The zero-order chi connectivity index (χ0) is 19.1. The summed E-state index contributed by atoms with van der Waals surface area (Å²) in [4.78, 5) is 2.06. The quantitative estimate of drug-likeness (QED) is 0.577. The van der Waals surface area contributed by atoms with E-state index in [0.29, 0.717) is 16.5 Å². The molecule has 142 valence electrons. The number of hydrogen-bond acceptors (Lipinski definition) is 5. The standard InChI is InChI=1S/C15H14BrCl3N2O3S2/c1-21-5-4-9(7-21)24-11-6-8(2-3-10(11)17)20-26(22,23)13-12(16)14(18)25-15(13)19/h2-3,6,9,20H,4-5,7H2,1H3. The number of thiophene rings is 1. The predicted molar refractivity (Wildman–Crippen MR) is 111 cm³/mol. The van der Waals surface area contributed by atoms with Crippen LogP contribution in [0.5, 0.6) is 5.75 Å². The number of nitrogens with one attached hydrogen (secondary N) is 1. The fourth-order valence-corrected chi connectivity index (χ4v) is 7.37. The van der Waals surface area contributed by atoms with Crippen LogP contribution in [0, 0.1) is 0 Å². The van der Waals surface area contributed by atoms with Crippen LogP contribution < -0.4 is 9.46 Å². The second-order valence-corrected chi connectivity index (χ2v) is 10.9. The number of hydrogen-bond donors (Lipinski definition) is 1. The molecule has 0 aliphatic carbocycles. The van der Waals surface area contributed by atoms with Crippen LogP contribution in [0.15, 0.2) is 27.6 Å². The van der Waals surface area contributed by atoms with Crippen molar-refractivity contribution in [2.24, 2.45) is 0 Å². The number of halogens is 4. The monoisotopic (exact) mass is 518 g/mol. The van der Waals surface area contributed by atoms with Gasteiger partial charge in [0, 0.05) is 19.2 Å². The number of rotatable bonds is 5. The highest BCUT2D eigenvalue weighted by Gasteiger charge is 2.27. The molecule has 1 fully saturated rings. The number of nitrogens with zero attached hydrogens (tertiary/aromatic N) is 1. The molecular weight excluding hydrogens is 507 g/mol. The van der Waals surface area contributed by atoms with Crippen molar-refractivity contribution in [1.82, 2.24) is 4.90 Å². The molecule has 5 nitrogen and oxygen atoms in total. The van der Waals surface area contributed by atoms with Gasteiger partial charge in [-0.1, -0.05) is 34.8 Å². The second kappa shape index (κ2) is 8.03. The molecule has 1 saturated heterocycles. The van der Waals surface area contributed by atoms with Crippen molar-refractivity contribution >= 4 is 77.8 Å². The van der Waals surface area contributed by atoms with Crippen molar-refractivity contribution < 1.29 is 13.2 Å². The number of likely N-dealkylation sites (N-methyl/N-ethyl adjacent to an activating group) is 1. The molecule has 1 N–H and O–H groups in total. The van der Waals surface area contributed by atoms with Crippen LogP contribution in [0.25, 0.3) is 0 Å². The van der Waals surface area contributed by atoms with E-state index in [1.165, 1.54) is 0 Å². The third kappa shape index (κ3) is 4.43. The van der Waals surface area contributed by atoms with Crippen molar-refractivity contribution in [3.8, 4) is 5.75 Å². The van der Waals surface area contributed by atoms with Crippen LogP contribution in [0.2, 0.25) is 13.7 Å². The number of sulfonamides is 1. The van der Waals surface area contributed by atoms with E-state index in [0.717, 1.165) is 30.8 Å². The molecule has 1 aromatic carbocycles. The molecule has 2 aromatic rings. The first-order valence-electron chi connectivity index (χ1n) is 7.48. The first-order chi connectivity index (χ1) is 12.2. The number of anilines is 1. The third-order valence-corrected chi connectivity index (χ3v) is 8.98. The van der Waals surface area contributed by atoms with E-state index in [2.05, 4.69) is 25.6 Å². The smallest absolute Gasteiger partial charge is 0.265 e. The van der Waals surface area contributed by atoms with E-state index in [4.69, 9.17) is 39.5 Å². The molecule has 1 aliphatic heterocycles. The lowest BCUT2D eigenvalue weighted by atomic mass is 10.3. The summed E-state index contributed by atoms with van der Waals surface area (Å²) in [6.45, 7) is 1.74. The van der Waals surface area contributed by atoms with E-state index in [1.807, 2.05) is 7.05 Å². The van der Waals surface area contributed by atoms with Gasteiger partial charge in [0.1, 0.15) is 25.4 Å². The lowest BCUT2D eigenvalue weighted by molar-refractivity contribution is 0.208. The predicted octanol–water partition coefficient (Wildman–Crippen LogP) is 5.35. The molecule has 11 heteroatoms. The molecule has 1 aromatic heterocycles. The van der Waals surface area contributed by atoms with Gasteiger partial charge in [-0.05, 0) is 41.5 Å². The Kier molecular flexibility index (Phi) is 6.33. The van der Waals surface area contributed by atoms with Gasteiger partial charge in [0.2, 0.25) is 0 Å². The van der Waals surface area contributed by atoms with Gasteiger partial charge in [-0.3, -0.25) is 4.72 Å². The highest BCUT2D eigenvalue weighted by Crippen LogP contribution is 2.43. The molecule has 1 unspecified atom stereocenters. The van der Waals surface area contributed by atoms with Gasteiger partial charge >= 0.3 is 0 Å². The van der Waals surface area contributed by atoms with Crippen LogP contribution in [0.1, 0.15) is 6.42 Å². The van der Waals surface area contributed by atoms with Gasteiger partial charge in [0.25, 0.3) is 10.0 Å². The maximum atomic E-state index is 12.7. The molecule has 2 heterocycles. The molecule has 0 spiro atoms. The fraction of sp³-hybridized carbons (Fsp3) is 0.333. The minimum Gasteiger partial charge on any atom is -0.487 e. The SMILES string of the molecule is CN1CCC(Oc2cc(NS(=O)(=O)c3c(Cl)sc(Cl)c3Br)ccc2Cl)C1. The van der Waals surface area contributed by atoms with Crippen LogP contribution in [0.3, 0.4) is 0 Å². The molecule has 0 amide bonds. The summed E-state index contributed by atoms with van der Waals surface area (Å²) in [5.74, 6) is 0.431. The summed E-state index contributed by atoms with van der Waals surface area (Å²) in [5, 5.41) is 0.417. The zero-order valence-electron chi connectivity index (χ0n) is 13.4. The van der Waals surface area contributed by atoms with Crippen LogP contribution in [-0.4, -0.2) is 39.6 Å². The molecule has 1 aliphatic rings. The number of ether oxygens (including phenoxy) is 1. The summed E-state index contributed by atoms with van der Waals surface area (Å²) in [7, 11) is -1.91. The Bertz CT molecular complexity index is 936. The molecule has 0 radical (unpaired) electrons. The summed E-state index contributed by atoms with van der Waals surface area (Å²) in [6.07, 6.45) is 0.905.